The van der Waals surface area contributed by atoms with E-state index in [-0.39, 0.29) is 0 Å². The number of imidazole rings is 1. The van der Waals surface area contributed by atoms with Crippen LogP contribution >= 0.6 is 34.5 Å². The van der Waals surface area contributed by atoms with E-state index in [2.05, 4.69) is 20.9 Å². The monoisotopic (exact) mass is 393 g/mol. The van der Waals surface area contributed by atoms with Gasteiger partial charge in [-0.2, -0.15) is 0 Å². The molecular weight excluding hydrogens is 377 g/mol. The third-order valence-electron chi connectivity index (χ3n) is 4.18. The number of rotatable bonds is 3. The summed E-state index contributed by atoms with van der Waals surface area (Å²) in [6.45, 7) is 5.30. The molecule has 1 aliphatic rings. The fourth-order valence-electron chi connectivity index (χ4n) is 2.93. The first-order valence-electron chi connectivity index (χ1n) is 8.06. The van der Waals surface area contributed by atoms with E-state index in [1.807, 2.05) is 25.3 Å². The number of benzene rings is 1. The van der Waals surface area contributed by atoms with Crippen LogP contribution in [0.5, 0.6) is 0 Å². The van der Waals surface area contributed by atoms with Crippen LogP contribution in [-0.4, -0.2) is 36.3 Å². The SMILES string of the molecule is Cc1cnc(-c2sc(N3CCOCC3)cc2-c2ccc(Cl)cc2Cl)[nH]1. The number of hydrogen-bond acceptors (Lipinski definition) is 4. The molecule has 3 heterocycles. The van der Waals surface area contributed by atoms with Gasteiger partial charge in [-0.3, -0.25) is 0 Å². The van der Waals surface area contributed by atoms with Crippen molar-refractivity contribution in [2.45, 2.75) is 6.92 Å². The van der Waals surface area contributed by atoms with Crippen molar-refractivity contribution in [1.29, 1.82) is 0 Å². The van der Waals surface area contributed by atoms with Crippen LogP contribution in [0, 0.1) is 6.92 Å². The average Bonchev–Trinajstić information content (AvgIpc) is 3.22. The lowest BCUT2D eigenvalue weighted by Crippen LogP contribution is -2.35. The van der Waals surface area contributed by atoms with Gasteiger partial charge in [0.1, 0.15) is 5.82 Å². The van der Waals surface area contributed by atoms with Crippen LogP contribution in [0.4, 0.5) is 5.00 Å². The smallest absolute Gasteiger partial charge is 0.148 e. The Morgan fingerprint density at radius 1 is 1.16 bits per heavy atom. The summed E-state index contributed by atoms with van der Waals surface area (Å²) in [4.78, 5) is 11.3. The molecule has 7 heteroatoms. The van der Waals surface area contributed by atoms with Crippen LogP contribution in [0.15, 0.2) is 30.5 Å². The van der Waals surface area contributed by atoms with E-state index in [0.29, 0.717) is 10.0 Å². The molecule has 1 aliphatic heterocycles. The Hall–Kier alpha value is -1.53. The standard InChI is InChI=1S/C18H17Cl2N3OS/c1-11-10-21-18(22-11)17-14(13-3-2-12(19)8-15(13)20)9-16(25-17)23-4-6-24-7-5-23/h2-3,8-10H,4-7H2,1H3,(H,21,22). The summed E-state index contributed by atoms with van der Waals surface area (Å²) >= 11 is 14.3. The molecule has 0 aliphatic carbocycles. The van der Waals surface area contributed by atoms with Crippen molar-refractivity contribution in [3.63, 3.8) is 0 Å². The van der Waals surface area contributed by atoms with Crippen molar-refractivity contribution >= 4 is 39.5 Å². The minimum absolute atomic E-state index is 0.632. The Kier molecular flexibility index (Phi) is 4.73. The maximum absolute atomic E-state index is 6.48. The van der Waals surface area contributed by atoms with Gasteiger partial charge in [0.2, 0.25) is 0 Å². The molecule has 1 N–H and O–H groups in total. The quantitative estimate of drug-likeness (QED) is 0.659. The van der Waals surface area contributed by atoms with Crippen LogP contribution in [0.1, 0.15) is 5.69 Å². The average molecular weight is 394 g/mol. The van der Waals surface area contributed by atoms with Gasteiger partial charge >= 0.3 is 0 Å². The molecular formula is C18H17Cl2N3OS. The second kappa shape index (κ2) is 7.00. The van der Waals surface area contributed by atoms with Crippen LogP contribution in [0.25, 0.3) is 21.8 Å². The molecule has 1 fully saturated rings. The van der Waals surface area contributed by atoms with Gasteiger partial charge in [0, 0.05) is 46.2 Å². The Labute approximate surface area is 160 Å². The Morgan fingerprint density at radius 3 is 2.64 bits per heavy atom. The van der Waals surface area contributed by atoms with E-state index >= 15 is 0 Å². The molecule has 1 saturated heterocycles. The first-order valence-corrected chi connectivity index (χ1v) is 9.63. The number of H-pyrrole nitrogens is 1. The lowest BCUT2D eigenvalue weighted by Gasteiger charge is -2.27. The van der Waals surface area contributed by atoms with Gasteiger partial charge in [0.25, 0.3) is 0 Å². The number of nitrogens with zero attached hydrogens (tertiary/aromatic N) is 2. The zero-order chi connectivity index (χ0) is 17.4. The number of anilines is 1. The molecule has 0 radical (unpaired) electrons. The second-order valence-corrected chi connectivity index (χ2v) is 7.84. The third kappa shape index (κ3) is 3.42. The zero-order valence-corrected chi connectivity index (χ0v) is 16.0. The molecule has 3 aromatic rings. The number of thiophene rings is 1. The van der Waals surface area contributed by atoms with Crippen molar-refractivity contribution in [2.24, 2.45) is 0 Å². The van der Waals surface area contributed by atoms with Gasteiger partial charge < -0.3 is 14.6 Å². The summed E-state index contributed by atoms with van der Waals surface area (Å²) < 4.78 is 5.47. The number of aromatic amines is 1. The summed E-state index contributed by atoms with van der Waals surface area (Å²) in [5.41, 5.74) is 3.07. The van der Waals surface area contributed by atoms with E-state index in [9.17, 15) is 0 Å². The predicted molar refractivity (Wildman–Crippen MR) is 105 cm³/mol. The number of ether oxygens (including phenoxy) is 1. The summed E-state index contributed by atoms with van der Waals surface area (Å²) in [6, 6.07) is 7.81. The van der Waals surface area contributed by atoms with Crippen LogP contribution in [-0.2, 0) is 4.74 Å². The minimum atomic E-state index is 0.632. The van der Waals surface area contributed by atoms with Crippen molar-refractivity contribution < 1.29 is 4.74 Å². The van der Waals surface area contributed by atoms with Crippen LogP contribution in [0.3, 0.4) is 0 Å². The molecule has 4 rings (SSSR count). The van der Waals surface area contributed by atoms with Crippen molar-refractivity contribution in [3.05, 3.63) is 46.2 Å². The summed E-state index contributed by atoms with van der Waals surface area (Å²) in [7, 11) is 0. The fourth-order valence-corrected chi connectivity index (χ4v) is 4.62. The molecule has 25 heavy (non-hydrogen) atoms. The Morgan fingerprint density at radius 2 is 1.96 bits per heavy atom. The lowest BCUT2D eigenvalue weighted by molar-refractivity contribution is 0.123. The number of hydrogen-bond donors (Lipinski definition) is 1. The van der Waals surface area contributed by atoms with Crippen molar-refractivity contribution in [2.75, 3.05) is 31.2 Å². The third-order valence-corrected chi connectivity index (χ3v) is 5.93. The maximum Gasteiger partial charge on any atom is 0.148 e. The lowest BCUT2D eigenvalue weighted by atomic mass is 10.1. The molecule has 0 spiro atoms. The van der Waals surface area contributed by atoms with Gasteiger partial charge in [0.15, 0.2) is 0 Å². The van der Waals surface area contributed by atoms with Gasteiger partial charge in [-0.25, -0.2) is 4.98 Å². The van der Waals surface area contributed by atoms with Crippen LogP contribution < -0.4 is 4.90 Å². The highest BCUT2D eigenvalue weighted by Crippen LogP contribution is 2.44. The maximum atomic E-state index is 6.48. The zero-order valence-electron chi connectivity index (χ0n) is 13.7. The van der Waals surface area contributed by atoms with E-state index in [4.69, 9.17) is 27.9 Å². The van der Waals surface area contributed by atoms with Crippen molar-refractivity contribution in [1.82, 2.24) is 9.97 Å². The van der Waals surface area contributed by atoms with E-state index < -0.39 is 0 Å². The summed E-state index contributed by atoms with van der Waals surface area (Å²) in [6.07, 6.45) is 1.84. The minimum Gasteiger partial charge on any atom is -0.378 e. The normalized spacial score (nSPS) is 14.9. The van der Waals surface area contributed by atoms with Gasteiger partial charge in [0.05, 0.1) is 23.1 Å². The first kappa shape index (κ1) is 16.9. The van der Waals surface area contributed by atoms with Gasteiger partial charge in [-0.05, 0) is 25.1 Å². The molecule has 0 unspecified atom stereocenters. The highest BCUT2D eigenvalue weighted by atomic mass is 35.5. The number of nitrogens with one attached hydrogen (secondary N) is 1. The number of aromatic nitrogens is 2. The highest BCUT2D eigenvalue weighted by molar-refractivity contribution is 7.20. The van der Waals surface area contributed by atoms with Gasteiger partial charge in [-0.1, -0.05) is 29.3 Å². The topological polar surface area (TPSA) is 41.2 Å². The van der Waals surface area contributed by atoms with Gasteiger partial charge in [-0.15, -0.1) is 11.3 Å². The largest absolute Gasteiger partial charge is 0.378 e. The molecule has 2 aromatic heterocycles. The second-order valence-electron chi connectivity index (χ2n) is 5.97. The molecule has 130 valence electrons. The fraction of sp³-hybridized carbons (Fsp3) is 0.278. The molecule has 0 amide bonds. The molecule has 0 bridgehead atoms. The molecule has 0 atom stereocenters. The molecule has 4 nitrogen and oxygen atoms in total. The summed E-state index contributed by atoms with van der Waals surface area (Å²) in [5.74, 6) is 0.864. The highest BCUT2D eigenvalue weighted by Gasteiger charge is 2.21. The molecule has 0 saturated carbocycles. The first-order chi connectivity index (χ1) is 12.1. The predicted octanol–water partition coefficient (Wildman–Crippen LogP) is 5.26. The van der Waals surface area contributed by atoms with E-state index in [0.717, 1.165) is 53.8 Å². The molecule has 1 aromatic carbocycles. The van der Waals surface area contributed by atoms with E-state index in [1.54, 1.807) is 17.4 Å². The Bertz CT molecular complexity index is 900. The summed E-state index contributed by atoms with van der Waals surface area (Å²) in [5, 5.41) is 2.48. The number of aryl methyl sites for hydroxylation is 1. The number of morpholine rings is 1. The Balaban J connectivity index is 1.84. The number of halogens is 2. The van der Waals surface area contributed by atoms with Crippen LogP contribution in [0.2, 0.25) is 10.0 Å². The van der Waals surface area contributed by atoms with E-state index in [1.165, 1.54) is 5.00 Å². The van der Waals surface area contributed by atoms with Crippen molar-refractivity contribution in [3.8, 4) is 21.8 Å².